The molecule has 0 aromatic heterocycles. The first kappa shape index (κ1) is 11.0. The van der Waals surface area contributed by atoms with E-state index < -0.39 is 0 Å². The van der Waals surface area contributed by atoms with E-state index >= 15 is 0 Å². The lowest BCUT2D eigenvalue weighted by Gasteiger charge is -2.00. The fraction of sp³-hybridized carbons (Fsp3) is 0.500. The summed E-state index contributed by atoms with van der Waals surface area (Å²) in [7, 11) is 1.67. The summed E-state index contributed by atoms with van der Waals surface area (Å²) in [5.41, 5.74) is 1.01. The van der Waals surface area contributed by atoms with Gasteiger partial charge >= 0.3 is 0 Å². The number of methoxy groups -OCH3 is 1. The van der Waals surface area contributed by atoms with Crippen molar-refractivity contribution in [2.24, 2.45) is 0 Å². The number of ether oxygens (including phenoxy) is 1. The Bertz CT molecular complexity index is 186. The van der Waals surface area contributed by atoms with Crippen molar-refractivity contribution in [1.82, 2.24) is 0 Å². The molecule has 1 N–H and O–H groups in total. The molecule has 2 heteroatoms. The highest BCUT2D eigenvalue weighted by Crippen LogP contribution is 2.03. The molecule has 0 rings (SSSR count). The van der Waals surface area contributed by atoms with Crippen molar-refractivity contribution in [3.05, 3.63) is 23.5 Å². The van der Waals surface area contributed by atoms with E-state index in [0.717, 1.165) is 24.2 Å². The van der Waals surface area contributed by atoms with Gasteiger partial charge in [0.25, 0.3) is 0 Å². The molecule has 0 radical (unpaired) electrons. The first-order chi connectivity index (χ1) is 5.78. The van der Waals surface area contributed by atoms with E-state index in [1.54, 1.807) is 7.11 Å². The molecule has 68 valence electrons. The number of hydrogen-bond donors (Lipinski definition) is 1. The Hall–Kier alpha value is -1.05. The predicted octanol–water partition coefficient (Wildman–Crippen LogP) is 2.91. The van der Waals surface area contributed by atoms with Gasteiger partial charge in [0.15, 0.2) is 0 Å². The van der Waals surface area contributed by atoms with Gasteiger partial charge in [0.2, 0.25) is 0 Å². The van der Waals surface area contributed by atoms with Crippen LogP contribution in [0.3, 0.4) is 0 Å². The Morgan fingerprint density at radius 1 is 1.25 bits per heavy atom. The Morgan fingerprint density at radius 2 is 1.92 bits per heavy atom. The Labute approximate surface area is 74.4 Å². The van der Waals surface area contributed by atoms with Crippen molar-refractivity contribution in [3.8, 4) is 0 Å². The number of nitrogens with one attached hydrogen (secondary N) is 1. The largest absolute Gasteiger partial charge is 0.501 e. The minimum Gasteiger partial charge on any atom is -0.501 e. The van der Waals surface area contributed by atoms with Crippen LogP contribution in [0.15, 0.2) is 23.5 Å². The van der Waals surface area contributed by atoms with E-state index in [0.29, 0.717) is 0 Å². The molecule has 0 aliphatic carbocycles. The molecule has 0 heterocycles. The zero-order valence-electron chi connectivity index (χ0n) is 8.05. The van der Waals surface area contributed by atoms with Crippen LogP contribution in [-0.4, -0.2) is 13.3 Å². The highest BCUT2D eigenvalue weighted by atomic mass is 16.5. The van der Waals surface area contributed by atoms with E-state index in [4.69, 9.17) is 10.1 Å². The second-order valence-corrected chi connectivity index (χ2v) is 2.43. The highest BCUT2D eigenvalue weighted by Gasteiger charge is 1.89. The van der Waals surface area contributed by atoms with Gasteiger partial charge in [-0.05, 0) is 18.1 Å². The van der Waals surface area contributed by atoms with Gasteiger partial charge in [-0.3, -0.25) is 0 Å². The third-order valence-corrected chi connectivity index (χ3v) is 1.69. The number of rotatable bonds is 5. The molecular formula is C10H17NO. The second-order valence-electron chi connectivity index (χ2n) is 2.43. The standard InChI is InChI=1S/C10H17NO/c1-4-9(8-11)6-7-10(5-2)12-3/h6-8,11H,4-5H2,1-3H3/b9-6-,10-7+,11-8?. The lowest BCUT2D eigenvalue weighted by Crippen LogP contribution is -1.84. The van der Waals surface area contributed by atoms with Crippen LogP contribution in [-0.2, 0) is 4.74 Å². The second kappa shape index (κ2) is 6.65. The summed E-state index contributed by atoms with van der Waals surface area (Å²) >= 11 is 0. The van der Waals surface area contributed by atoms with Gasteiger partial charge in [-0.2, -0.15) is 0 Å². The van der Waals surface area contributed by atoms with E-state index in [2.05, 4.69) is 0 Å². The fourth-order valence-electron chi connectivity index (χ4n) is 0.798. The maximum atomic E-state index is 7.06. The molecule has 0 amide bonds. The van der Waals surface area contributed by atoms with Crippen molar-refractivity contribution in [1.29, 1.82) is 5.41 Å². The third-order valence-electron chi connectivity index (χ3n) is 1.69. The fourth-order valence-corrected chi connectivity index (χ4v) is 0.798. The van der Waals surface area contributed by atoms with Gasteiger partial charge < -0.3 is 10.1 Å². The molecule has 0 saturated heterocycles. The maximum absolute atomic E-state index is 7.06. The lowest BCUT2D eigenvalue weighted by atomic mass is 10.2. The summed E-state index contributed by atoms with van der Waals surface area (Å²) in [6.07, 6.45) is 7.00. The zero-order chi connectivity index (χ0) is 9.40. The van der Waals surface area contributed by atoms with Gasteiger partial charge in [-0.15, -0.1) is 0 Å². The van der Waals surface area contributed by atoms with Crippen molar-refractivity contribution in [2.75, 3.05) is 7.11 Å². The van der Waals surface area contributed by atoms with Gasteiger partial charge in [0.05, 0.1) is 12.9 Å². The third kappa shape index (κ3) is 3.96. The van der Waals surface area contributed by atoms with Crippen LogP contribution in [0, 0.1) is 5.41 Å². The lowest BCUT2D eigenvalue weighted by molar-refractivity contribution is 0.281. The molecular weight excluding hydrogens is 150 g/mol. The first-order valence-corrected chi connectivity index (χ1v) is 4.22. The summed E-state index contributed by atoms with van der Waals surface area (Å²) in [5.74, 6) is 0.947. The molecule has 0 aromatic carbocycles. The Balaban J connectivity index is 4.30. The van der Waals surface area contributed by atoms with Crippen LogP contribution < -0.4 is 0 Å². The smallest absolute Gasteiger partial charge is 0.0952 e. The van der Waals surface area contributed by atoms with E-state index in [9.17, 15) is 0 Å². The van der Waals surface area contributed by atoms with Gasteiger partial charge in [-0.1, -0.05) is 19.9 Å². The molecule has 0 saturated carbocycles. The summed E-state index contributed by atoms with van der Waals surface area (Å²) in [6, 6.07) is 0. The molecule has 0 aliphatic heterocycles. The van der Waals surface area contributed by atoms with Crippen molar-refractivity contribution >= 4 is 6.21 Å². The molecule has 0 bridgehead atoms. The van der Waals surface area contributed by atoms with Crippen LogP contribution in [0.2, 0.25) is 0 Å². The van der Waals surface area contributed by atoms with E-state index in [1.165, 1.54) is 6.21 Å². The normalized spacial score (nSPS) is 12.9. The Morgan fingerprint density at radius 3 is 2.25 bits per heavy atom. The van der Waals surface area contributed by atoms with E-state index in [1.807, 2.05) is 26.0 Å². The van der Waals surface area contributed by atoms with Crippen molar-refractivity contribution in [2.45, 2.75) is 26.7 Å². The summed E-state index contributed by atoms with van der Waals surface area (Å²) < 4.78 is 5.08. The molecule has 0 atom stereocenters. The molecule has 0 aliphatic rings. The first-order valence-electron chi connectivity index (χ1n) is 4.22. The summed E-state index contributed by atoms with van der Waals surface area (Å²) in [6.45, 7) is 4.07. The average Bonchev–Trinajstić information content (AvgIpc) is 2.13. The molecule has 0 aromatic rings. The van der Waals surface area contributed by atoms with Gasteiger partial charge in [0, 0.05) is 12.6 Å². The van der Waals surface area contributed by atoms with Crippen molar-refractivity contribution < 1.29 is 4.74 Å². The molecule has 12 heavy (non-hydrogen) atoms. The minimum atomic E-state index is 0.890. The molecule has 0 unspecified atom stereocenters. The summed E-state index contributed by atoms with van der Waals surface area (Å²) in [4.78, 5) is 0. The SMILES string of the molecule is CC/C(C=N)=C/C=C(\CC)OC. The zero-order valence-corrected chi connectivity index (χ0v) is 8.05. The van der Waals surface area contributed by atoms with Crippen LogP contribution in [0.5, 0.6) is 0 Å². The quantitative estimate of drug-likeness (QED) is 0.381. The molecule has 2 nitrogen and oxygen atoms in total. The van der Waals surface area contributed by atoms with Crippen LogP contribution in [0.4, 0.5) is 0 Å². The van der Waals surface area contributed by atoms with Crippen LogP contribution in [0.25, 0.3) is 0 Å². The predicted molar refractivity (Wildman–Crippen MR) is 52.5 cm³/mol. The maximum Gasteiger partial charge on any atom is 0.0952 e. The topological polar surface area (TPSA) is 33.1 Å². The molecule has 0 spiro atoms. The summed E-state index contributed by atoms with van der Waals surface area (Å²) in [5, 5.41) is 7.06. The van der Waals surface area contributed by atoms with Crippen molar-refractivity contribution in [3.63, 3.8) is 0 Å². The van der Waals surface area contributed by atoms with Gasteiger partial charge in [-0.25, -0.2) is 0 Å². The molecule has 0 fully saturated rings. The van der Waals surface area contributed by atoms with E-state index in [-0.39, 0.29) is 0 Å². The highest BCUT2D eigenvalue weighted by molar-refractivity contribution is 5.75. The number of hydrogen-bond acceptors (Lipinski definition) is 2. The number of allylic oxidation sites excluding steroid dienone is 4. The van der Waals surface area contributed by atoms with Crippen LogP contribution >= 0.6 is 0 Å². The minimum absolute atomic E-state index is 0.890. The Kier molecular flexibility index (Phi) is 6.07. The average molecular weight is 167 g/mol. The monoisotopic (exact) mass is 167 g/mol. The van der Waals surface area contributed by atoms with Crippen LogP contribution in [0.1, 0.15) is 26.7 Å². The van der Waals surface area contributed by atoms with Gasteiger partial charge in [0.1, 0.15) is 0 Å².